The first kappa shape index (κ1) is 16.1. The average Bonchev–Trinajstić information content (AvgIpc) is 2.11. The molecule has 2 N–H and O–H groups in total. The van der Waals surface area contributed by atoms with Crippen LogP contribution >= 0.6 is 27.6 Å². The Balaban J connectivity index is 3.34. The molecule has 1 aromatic rings. The number of ether oxygens (including phenoxy) is 1. The number of phosphoric acid groups is 1. The molecule has 0 aliphatic rings. The van der Waals surface area contributed by atoms with E-state index in [4.69, 9.17) is 9.79 Å². The van der Waals surface area contributed by atoms with Crippen LogP contribution in [0.2, 0.25) is 0 Å². The summed E-state index contributed by atoms with van der Waals surface area (Å²) in [6.07, 6.45) is -5.15. The average molecular weight is 416 g/mol. The van der Waals surface area contributed by atoms with Crippen molar-refractivity contribution in [1.29, 1.82) is 0 Å². The van der Waals surface area contributed by atoms with Crippen LogP contribution in [0.5, 0.6) is 11.5 Å². The van der Waals surface area contributed by atoms with Crippen molar-refractivity contribution in [2.24, 2.45) is 0 Å². The lowest BCUT2D eigenvalue weighted by atomic mass is 10.3. The zero-order chi connectivity index (χ0) is 14.8. The predicted octanol–water partition coefficient (Wildman–Crippen LogP) is 2.42. The molecule has 19 heavy (non-hydrogen) atoms. The second-order valence-corrected chi connectivity index (χ2v) is 6.40. The van der Waals surface area contributed by atoms with E-state index in [1.165, 1.54) is 0 Å². The minimum absolute atomic E-state index is 0.690. The minimum Gasteiger partial charge on any atom is -0.404 e. The van der Waals surface area contributed by atoms with E-state index in [2.05, 4.69) is 9.26 Å². The largest absolute Gasteiger partial charge is 0.573 e. The predicted molar refractivity (Wildman–Crippen MR) is 59.9 cm³/mol. The quantitative estimate of drug-likeness (QED) is 0.573. The topological polar surface area (TPSA) is 110 Å². The lowest BCUT2D eigenvalue weighted by Crippen LogP contribution is -2.18. The van der Waals surface area contributed by atoms with Crippen molar-refractivity contribution in [3.05, 3.63) is 21.8 Å². The van der Waals surface area contributed by atoms with Gasteiger partial charge in [-0.3, -0.25) is 9.79 Å². The molecule has 0 unspecified atom stereocenters. The van der Waals surface area contributed by atoms with Crippen LogP contribution < -0.4 is 9.26 Å². The maximum atomic E-state index is 12.1. The summed E-state index contributed by atoms with van der Waals surface area (Å²) in [6.45, 7) is 0. The second kappa shape index (κ2) is 5.61. The Morgan fingerprint density at radius 1 is 1.16 bits per heavy atom. The van der Waals surface area contributed by atoms with Crippen molar-refractivity contribution in [2.45, 2.75) is 6.36 Å². The Morgan fingerprint density at radius 2 is 1.68 bits per heavy atom. The van der Waals surface area contributed by atoms with Crippen LogP contribution in [0.3, 0.4) is 0 Å². The smallest absolute Gasteiger partial charge is 0.404 e. The van der Waals surface area contributed by atoms with Crippen molar-refractivity contribution >= 4 is 27.6 Å². The summed E-state index contributed by atoms with van der Waals surface area (Å²) in [5.74, 6) is -2.00. The standard InChI is InChI=1S/C7H5F3IO7P/c8-7(9,10)17-4-2-1-3-5(6(4)11(12)13)18-19(14,15)16/h1-3H,(H2,14,15,16). The van der Waals surface area contributed by atoms with Gasteiger partial charge < -0.3 is 9.26 Å². The third kappa shape index (κ3) is 5.30. The highest BCUT2D eigenvalue weighted by atomic mass is 127. The van der Waals surface area contributed by atoms with E-state index in [9.17, 15) is 23.9 Å². The number of rotatable bonds is 4. The normalized spacial score (nSPS) is 12.5. The van der Waals surface area contributed by atoms with Crippen molar-refractivity contribution < 1.29 is 42.9 Å². The van der Waals surface area contributed by atoms with Gasteiger partial charge in [0.15, 0.2) is 15.1 Å². The molecule has 0 radical (unpaired) electrons. The van der Waals surface area contributed by atoms with Gasteiger partial charge in [-0.1, -0.05) is 6.07 Å². The first-order valence-electron chi connectivity index (χ1n) is 4.19. The van der Waals surface area contributed by atoms with E-state index >= 15 is 0 Å². The van der Waals surface area contributed by atoms with Gasteiger partial charge in [-0.25, -0.2) is 10.7 Å². The Kier molecular flexibility index (Phi) is 4.76. The molecule has 1 aromatic carbocycles. The van der Waals surface area contributed by atoms with Gasteiger partial charge in [-0.2, -0.15) is 0 Å². The van der Waals surface area contributed by atoms with E-state index in [1.807, 2.05) is 0 Å². The fourth-order valence-electron chi connectivity index (χ4n) is 1.04. The number of halogens is 4. The van der Waals surface area contributed by atoms with Gasteiger partial charge in [0.25, 0.3) is 0 Å². The van der Waals surface area contributed by atoms with Gasteiger partial charge >= 0.3 is 34.0 Å². The first-order chi connectivity index (χ1) is 8.49. The zero-order valence-electron chi connectivity index (χ0n) is 8.63. The summed E-state index contributed by atoms with van der Waals surface area (Å²) in [5, 5.41) is 0. The number of alkyl halides is 3. The maximum Gasteiger partial charge on any atom is 0.573 e. The highest BCUT2D eigenvalue weighted by Crippen LogP contribution is 2.45. The molecule has 12 heteroatoms. The lowest BCUT2D eigenvalue weighted by molar-refractivity contribution is -0.274. The van der Waals surface area contributed by atoms with E-state index in [-0.39, 0.29) is 0 Å². The molecule has 0 saturated heterocycles. The van der Waals surface area contributed by atoms with Crippen molar-refractivity contribution in [3.63, 3.8) is 0 Å². The van der Waals surface area contributed by atoms with Gasteiger partial charge in [0.05, 0.1) is 0 Å². The molecule has 0 spiro atoms. The Bertz CT molecular complexity index is 583. The molecule has 0 aliphatic heterocycles. The van der Waals surface area contributed by atoms with Crippen LogP contribution in [0.1, 0.15) is 0 Å². The van der Waals surface area contributed by atoms with E-state index < -0.39 is 49.0 Å². The third-order valence-electron chi connectivity index (χ3n) is 1.53. The number of hydrogen-bond donors (Lipinski definition) is 2. The first-order valence-corrected chi connectivity index (χ1v) is 8.56. The zero-order valence-corrected chi connectivity index (χ0v) is 11.7. The molecule has 108 valence electrons. The number of benzene rings is 1. The van der Waals surface area contributed by atoms with Gasteiger partial charge in [-0.05, 0) is 12.1 Å². The molecule has 1 rings (SSSR count). The Hall–Kier alpha value is -0.910. The maximum absolute atomic E-state index is 12.1. The summed E-state index contributed by atoms with van der Waals surface area (Å²) in [5.41, 5.74) is 0. The minimum atomic E-state index is -5.15. The molecule has 0 aromatic heterocycles. The van der Waals surface area contributed by atoms with Crippen LogP contribution in [0.15, 0.2) is 18.2 Å². The molecule has 0 heterocycles. The highest BCUT2D eigenvalue weighted by molar-refractivity contribution is 14.2. The van der Waals surface area contributed by atoms with Crippen molar-refractivity contribution in [2.75, 3.05) is 0 Å². The highest BCUT2D eigenvalue weighted by Gasteiger charge is 2.34. The summed E-state index contributed by atoms with van der Waals surface area (Å²) in [4.78, 5) is 17.1. The Morgan fingerprint density at radius 3 is 2.11 bits per heavy atom. The fourth-order valence-corrected chi connectivity index (χ4v) is 3.08. The van der Waals surface area contributed by atoms with E-state index in [0.29, 0.717) is 6.07 Å². The van der Waals surface area contributed by atoms with Crippen molar-refractivity contribution in [3.8, 4) is 11.5 Å². The van der Waals surface area contributed by atoms with Gasteiger partial charge in [0.1, 0.15) is 0 Å². The van der Waals surface area contributed by atoms with E-state index in [1.54, 1.807) is 0 Å². The van der Waals surface area contributed by atoms with Crippen LogP contribution in [0.25, 0.3) is 0 Å². The third-order valence-corrected chi connectivity index (χ3v) is 3.90. The molecule has 0 atom stereocenters. The summed E-state index contributed by atoms with van der Waals surface area (Å²) < 4.78 is 75.1. The fraction of sp³-hybridized carbons (Fsp3) is 0.143. The van der Waals surface area contributed by atoms with Crippen LogP contribution in [0, 0.1) is 3.57 Å². The van der Waals surface area contributed by atoms with E-state index in [0.717, 1.165) is 12.1 Å². The number of hydrogen-bond acceptors (Lipinski definition) is 5. The lowest BCUT2D eigenvalue weighted by Gasteiger charge is -2.13. The summed E-state index contributed by atoms with van der Waals surface area (Å²) >= 11 is -4.56. The molecule has 0 aliphatic carbocycles. The summed E-state index contributed by atoms with van der Waals surface area (Å²) in [6, 6.07) is 2.39. The van der Waals surface area contributed by atoms with Gasteiger partial charge in [-0.15, -0.1) is 13.2 Å². The Labute approximate surface area is 110 Å². The molecular formula is C7H5F3IO7P. The van der Waals surface area contributed by atoms with Crippen LogP contribution in [-0.2, 0) is 10.7 Å². The van der Waals surface area contributed by atoms with Gasteiger partial charge in [0.2, 0.25) is 0 Å². The van der Waals surface area contributed by atoms with Gasteiger partial charge in [0, 0.05) is 0 Å². The SMILES string of the molecule is O=I(=O)c1c(OC(F)(F)F)cccc1OP(=O)(O)O. The second-order valence-electron chi connectivity index (χ2n) is 2.92. The molecule has 0 fully saturated rings. The summed E-state index contributed by atoms with van der Waals surface area (Å²) in [7, 11) is -5.11. The molecule has 7 nitrogen and oxygen atoms in total. The van der Waals surface area contributed by atoms with Crippen LogP contribution in [0.4, 0.5) is 13.2 Å². The molecule has 0 bridgehead atoms. The molecule has 0 amide bonds. The van der Waals surface area contributed by atoms with Crippen molar-refractivity contribution in [1.82, 2.24) is 0 Å². The van der Waals surface area contributed by atoms with Crippen LogP contribution in [-0.4, -0.2) is 16.1 Å². The molecular weight excluding hydrogens is 411 g/mol. The molecule has 0 saturated carbocycles. The monoisotopic (exact) mass is 416 g/mol. The number of phosphoric ester groups is 1.